The van der Waals surface area contributed by atoms with E-state index in [1.807, 2.05) is 87.5 Å². The highest BCUT2D eigenvalue weighted by atomic mass is 16.5. The predicted octanol–water partition coefficient (Wildman–Crippen LogP) is 4.85. The van der Waals surface area contributed by atoms with Gasteiger partial charge >= 0.3 is 0 Å². The summed E-state index contributed by atoms with van der Waals surface area (Å²) in [6.45, 7) is 7.32. The van der Waals surface area contributed by atoms with Gasteiger partial charge in [-0.25, -0.2) is 0 Å². The molecule has 0 spiro atoms. The number of hydrogen-bond donors (Lipinski definition) is 0. The van der Waals surface area contributed by atoms with Crippen LogP contribution in [0.5, 0.6) is 5.75 Å². The summed E-state index contributed by atoms with van der Waals surface area (Å²) in [4.78, 5) is 30.1. The highest BCUT2D eigenvalue weighted by Crippen LogP contribution is 2.16. The molecule has 0 N–H and O–H groups in total. The summed E-state index contributed by atoms with van der Waals surface area (Å²) in [5.74, 6) is 2.33. The van der Waals surface area contributed by atoms with Gasteiger partial charge in [-0.1, -0.05) is 56.3 Å². The number of nitrogens with zero attached hydrogens (tertiary/aromatic N) is 2. The molecule has 1 aromatic heterocycles. The predicted molar refractivity (Wildman–Crippen MR) is 132 cm³/mol. The van der Waals surface area contributed by atoms with Crippen LogP contribution in [0.3, 0.4) is 0 Å². The van der Waals surface area contributed by atoms with Gasteiger partial charge in [-0.15, -0.1) is 0 Å². The lowest BCUT2D eigenvalue weighted by atomic mass is 10.1. The number of carbonyl (C=O) groups excluding carboxylic acids is 2. The summed E-state index contributed by atoms with van der Waals surface area (Å²) in [6, 6.07) is 21.1. The second kappa shape index (κ2) is 12.1. The second-order valence-electron chi connectivity index (χ2n) is 8.94. The molecule has 0 saturated heterocycles. The molecule has 6 nitrogen and oxygen atoms in total. The Kier molecular flexibility index (Phi) is 8.91. The molecule has 0 atom stereocenters. The smallest absolute Gasteiger partial charge is 0.242 e. The van der Waals surface area contributed by atoms with Crippen molar-refractivity contribution in [3.63, 3.8) is 0 Å². The number of hydrogen-bond acceptors (Lipinski definition) is 4. The lowest BCUT2D eigenvalue weighted by Gasteiger charge is -2.28. The van der Waals surface area contributed by atoms with Crippen molar-refractivity contribution >= 4 is 11.8 Å². The minimum Gasteiger partial charge on any atom is -0.497 e. The molecule has 180 valence electrons. The Morgan fingerprint density at radius 2 is 1.56 bits per heavy atom. The molecule has 3 aromatic rings. The molecule has 2 aromatic carbocycles. The van der Waals surface area contributed by atoms with Gasteiger partial charge < -0.3 is 19.0 Å². The number of furan rings is 1. The summed E-state index contributed by atoms with van der Waals surface area (Å²) >= 11 is 0. The van der Waals surface area contributed by atoms with Crippen LogP contribution in [0.1, 0.15) is 36.5 Å². The molecule has 6 heteroatoms. The zero-order valence-corrected chi connectivity index (χ0v) is 20.5. The maximum Gasteiger partial charge on any atom is 0.242 e. The Bertz CT molecular complexity index is 1060. The molecule has 0 radical (unpaired) electrons. The maximum absolute atomic E-state index is 13.5. The molecular weight excluding hydrogens is 428 g/mol. The lowest BCUT2D eigenvalue weighted by Crippen LogP contribution is -2.44. The van der Waals surface area contributed by atoms with Crippen molar-refractivity contribution < 1.29 is 18.7 Å². The van der Waals surface area contributed by atoms with Crippen molar-refractivity contribution in [2.45, 2.75) is 40.3 Å². The summed E-state index contributed by atoms with van der Waals surface area (Å²) in [5.41, 5.74) is 1.92. The number of benzene rings is 2. The fourth-order valence-electron chi connectivity index (χ4n) is 3.78. The third-order valence-corrected chi connectivity index (χ3v) is 5.49. The number of aryl methyl sites for hydroxylation is 1. The molecule has 0 aliphatic heterocycles. The molecule has 0 fully saturated rings. The van der Waals surface area contributed by atoms with E-state index in [1.165, 1.54) is 0 Å². The standard InChI is InChI=1S/C28H34N2O4/c1-21(2)17-29(27(31)16-23-11-14-25(33-4)15-12-23)20-28(32)30(18-24-8-6-5-7-9-24)19-26-13-10-22(3)34-26/h5-15,21H,16-20H2,1-4H3. The normalized spacial score (nSPS) is 10.9. The summed E-state index contributed by atoms with van der Waals surface area (Å²) in [6.07, 6.45) is 0.236. The monoisotopic (exact) mass is 462 g/mol. The first-order valence-corrected chi connectivity index (χ1v) is 11.6. The van der Waals surface area contributed by atoms with E-state index in [4.69, 9.17) is 9.15 Å². The van der Waals surface area contributed by atoms with E-state index in [2.05, 4.69) is 0 Å². The van der Waals surface area contributed by atoms with Crippen LogP contribution < -0.4 is 4.74 Å². The fourth-order valence-corrected chi connectivity index (χ4v) is 3.78. The zero-order chi connectivity index (χ0) is 24.5. The van der Waals surface area contributed by atoms with Crippen molar-refractivity contribution in [2.24, 2.45) is 5.92 Å². The van der Waals surface area contributed by atoms with Crippen LogP contribution >= 0.6 is 0 Å². The van der Waals surface area contributed by atoms with Crippen LogP contribution in [0.2, 0.25) is 0 Å². The Balaban J connectivity index is 1.75. The van der Waals surface area contributed by atoms with Gasteiger partial charge in [0.1, 0.15) is 17.3 Å². The highest BCUT2D eigenvalue weighted by Gasteiger charge is 2.23. The third-order valence-electron chi connectivity index (χ3n) is 5.49. The van der Waals surface area contributed by atoms with Crippen molar-refractivity contribution in [1.82, 2.24) is 9.80 Å². The Hall–Kier alpha value is -3.54. The Morgan fingerprint density at radius 1 is 0.853 bits per heavy atom. The molecule has 0 bridgehead atoms. The van der Waals surface area contributed by atoms with Crippen LogP contribution in [0.4, 0.5) is 0 Å². The third kappa shape index (κ3) is 7.51. The molecule has 34 heavy (non-hydrogen) atoms. The van der Waals surface area contributed by atoms with Gasteiger partial charge in [0, 0.05) is 13.1 Å². The molecule has 0 unspecified atom stereocenters. The number of rotatable bonds is 11. The molecular formula is C28H34N2O4. The zero-order valence-electron chi connectivity index (χ0n) is 20.5. The van der Waals surface area contributed by atoms with E-state index in [0.717, 1.165) is 28.4 Å². The first-order valence-electron chi connectivity index (χ1n) is 11.6. The number of amides is 2. The summed E-state index contributed by atoms with van der Waals surface area (Å²) in [5, 5.41) is 0. The first-order chi connectivity index (χ1) is 16.3. The minimum absolute atomic E-state index is 0.0275. The van der Waals surface area contributed by atoms with Crippen molar-refractivity contribution in [3.8, 4) is 5.75 Å². The van der Waals surface area contributed by atoms with Gasteiger partial charge in [-0.05, 0) is 48.2 Å². The van der Waals surface area contributed by atoms with E-state index in [-0.39, 0.29) is 30.7 Å². The van der Waals surface area contributed by atoms with Crippen molar-refractivity contribution in [2.75, 3.05) is 20.2 Å². The number of methoxy groups -OCH3 is 1. The van der Waals surface area contributed by atoms with Crippen molar-refractivity contribution in [3.05, 3.63) is 89.4 Å². The van der Waals surface area contributed by atoms with E-state index >= 15 is 0 Å². The van der Waals surface area contributed by atoms with E-state index in [0.29, 0.717) is 19.6 Å². The lowest BCUT2D eigenvalue weighted by molar-refractivity contribution is -0.141. The average molecular weight is 463 g/mol. The quantitative estimate of drug-likeness (QED) is 0.409. The van der Waals surface area contributed by atoms with Gasteiger partial charge in [0.25, 0.3) is 0 Å². The average Bonchev–Trinajstić information content (AvgIpc) is 3.23. The largest absolute Gasteiger partial charge is 0.497 e. The maximum atomic E-state index is 13.5. The van der Waals surface area contributed by atoms with E-state index < -0.39 is 0 Å². The minimum atomic E-state index is -0.110. The SMILES string of the molecule is COc1ccc(CC(=O)N(CC(=O)N(Cc2ccccc2)Cc2ccc(C)o2)CC(C)C)cc1. The van der Waals surface area contributed by atoms with Crippen LogP contribution in [-0.2, 0) is 29.1 Å². The summed E-state index contributed by atoms with van der Waals surface area (Å²) < 4.78 is 10.9. The van der Waals surface area contributed by atoms with E-state index in [9.17, 15) is 9.59 Å². The number of ether oxygens (including phenoxy) is 1. The second-order valence-corrected chi connectivity index (χ2v) is 8.94. The number of carbonyl (C=O) groups is 2. The van der Waals surface area contributed by atoms with E-state index in [1.54, 1.807) is 16.9 Å². The first kappa shape index (κ1) is 25.1. The Labute approximate surface area is 202 Å². The highest BCUT2D eigenvalue weighted by molar-refractivity contribution is 5.86. The Morgan fingerprint density at radius 3 is 2.15 bits per heavy atom. The van der Waals surface area contributed by atoms with Crippen LogP contribution in [0.25, 0.3) is 0 Å². The van der Waals surface area contributed by atoms with Gasteiger partial charge in [-0.2, -0.15) is 0 Å². The molecule has 1 heterocycles. The van der Waals surface area contributed by atoms with Gasteiger partial charge in [-0.3, -0.25) is 9.59 Å². The molecule has 0 aliphatic carbocycles. The van der Waals surface area contributed by atoms with Crippen LogP contribution in [0, 0.1) is 12.8 Å². The molecule has 0 saturated carbocycles. The van der Waals surface area contributed by atoms with Gasteiger partial charge in [0.2, 0.25) is 11.8 Å². The topological polar surface area (TPSA) is 63.0 Å². The van der Waals surface area contributed by atoms with Gasteiger partial charge in [0.15, 0.2) is 0 Å². The fraction of sp³-hybridized carbons (Fsp3) is 0.357. The van der Waals surface area contributed by atoms with Crippen molar-refractivity contribution in [1.29, 1.82) is 0 Å². The summed E-state index contributed by atoms with van der Waals surface area (Å²) in [7, 11) is 1.61. The van der Waals surface area contributed by atoms with Crippen LogP contribution in [0.15, 0.2) is 71.1 Å². The molecule has 2 amide bonds. The van der Waals surface area contributed by atoms with Gasteiger partial charge in [0.05, 0.1) is 26.6 Å². The molecule has 0 aliphatic rings. The molecule has 3 rings (SSSR count). The van der Waals surface area contributed by atoms with Crippen LogP contribution in [-0.4, -0.2) is 41.8 Å².